The summed E-state index contributed by atoms with van der Waals surface area (Å²) >= 11 is 12.2. The van der Waals surface area contributed by atoms with Crippen molar-refractivity contribution in [1.29, 1.82) is 0 Å². The van der Waals surface area contributed by atoms with Crippen molar-refractivity contribution in [3.63, 3.8) is 0 Å². The van der Waals surface area contributed by atoms with E-state index in [1.54, 1.807) is 11.6 Å². The van der Waals surface area contributed by atoms with Gasteiger partial charge in [0.05, 0.1) is 11.5 Å². The van der Waals surface area contributed by atoms with Crippen LogP contribution in [0, 0.1) is 29.1 Å². The third-order valence-electron chi connectivity index (χ3n) is 8.64. The molecule has 5 heteroatoms. The number of alkyl halides is 1. The Morgan fingerprint density at radius 2 is 1.66 bits per heavy atom. The van der Waals surface area contributed by atoms with E-state index in [9.17, 15) is 5.11 Å². The molecular formula is C27H38Cl2N2O. The van der Waals surface area contributed by atoms with Crippen molar-refractivity contribution in [1.82, 2.24) is 10.6 Å². The predicted molar refractivity (Wildman–Crippen MR) is 134 cm³/mol. The lowest BCUT2D eigenvalue weighted by Crippen LogP contribution is -2.47. The van der Waals surface area contributed by atoms with Gasteiger partial charge in [-0.15, -0.1) is 11.6 Å². The minimum atomic E-state index is -0.662. The Morgan fingerprint density at radius 3 is 2.34 bits per heavy atom. The van der Waals surface area contributed by atoms with Crippen LogP contribution >= 0.6 is 23.2 Å². The molecule has 3 nitrogen and oxygen atoms in total. The molecule has 4 saturated carbocycles. The zero-order valence-corrected chi connectivity index (χ0v) is 20.8. The fourth-order valence-electron chi connectivity index (χ4n) is 7.71. The van der Waals surface area contributed by atoms with E-state index in [0.29, 0.717) is 22.9 Å². The SMILES string of the molecule is CC1=CC(CNCCNCC2=CC(Cl)=CC(Cl)C2O)CC(C23CC4CC(CC(C4)C2)C3)=C1. The summed E-state index contributed by atoms with van der Waals surface area (Å²) in [6.07, 6.45) is 18.1. The van der Waals surface area contributed by atoms with E-state index >= 15 is 0 Å². The van der Waals surface area contributed by atoms with E-state index < -0.39 is 11.5 Å². The van der Waals surface area contributed by atoms with Crippen LogP contribution in [-0.4, -0.2) is 42.8 Å². The van der Waals surface area contributed by atoms with Gasteiger partial charge < -0.3 is 15.7 Å². The minimum absolute atomic E-state index is 0.444. The lowest BCUT2D eigenvalue weighted by Gasteiger charge is -2.58. The highest BCUT2D eigenvalue weighted by Crippen LogP contribution is 2.63. The molecule has 4 fully saturated rings. The Morgan fingerprint density at radius 1 is 1.00 bits per heavy atom. The van der Waals surface area contributed by atoms with E-state index in [1.165, 1.54) is 50.5 Å². The van der Waals surface area contributed by atoms with Gasteiger partial charge in [-0.05, 0) is 98.7 Å². The molecule has 4 bridgehead atoms. The molecule has 32 heavy (non-hydrogen) atoms. The number of aliphatic hydroxyl groups is 1. The van der Waals surface area contributed by atoms with Crippen LogP contribution in [-0.2, 0) is 0 Å². The highest BCUT2D eigenvalue weighted by atomic mass is 35.5. The molecule has 0 heterocycles. The van der Waals surface area contributed by atoms with Crippen LogP contribution in [0.25, 0.3) is 0 Å². The predicted octanol–water partition coefficient (Wildman–Crippen LogP) is 5.31. The Balaban J connectivity index is 1.08. The molecule has 3 atom stereocenters. The summed E-state index contributed by atoms with van der Waals surface area (Å²) in [7, 11) is 0. The number of nitrogens with one attached hydrogen (secondary N) is 2. The Hall–Kier alpha value is -0.580. The summed E-state index contributed by atoms with van der Waals surface area (Å²) in [6.45, 7) is 5.70. The number of rotatable bonds is 8. The Bertz CT molecular complexity index is 807. The third-order valence-corrected chi connectivity index (χ3v) is 9.24. The molecule has 6 aliphatic carbocycles. The largest absolute Gasteiger partial charge is 0.387 e. The smallest absolute Gasteiger partial charge is 0.0965 e. The Kier molecular flexibility index (Phi) is 6.94. The number of allylic oxidation sites excluding steroid dienone is 5. The van der Waals surface area contributed by atoms with Crippen molar-refractivity contribution in [3.8, 4) is 0 Å². The number of hydrogen-bond acceptors (Lipinski definition) is 3. The monoisotopic (exact) mass is 476 g/mol. The van der Waals surface area contributed by atoms with Crippen molar-refractivity contribution in [2.24, 2.45) is 29.1 Å². The van der Waals surface area contributed by atoms with Gasteiger partial charge in [0.1, 0.15) is 0 Å². The molecule has 3 N–H and O–H groups in total. The quantitative estimate of drug-likeness (QED) is 0.328. The summed E-state index contributed by atoms with van der Waals surface area (Å²) < 4.78 is 0. The second-order valence-electron chi connectivity index (χ2n) is 11.3. The van der Waals surface area contributed by atoms with Gasteiger partial charge in [-0.25, -0.2) is 0 Å². The van der Waals surface area contributed by atoms with E-state index in [2.05, 4.69) is 29.7 Å². The summed E-state index contributed by atoms with van der Waals surface area (Å²) in [6, 6.07) is 0. The van der Waals surface area contributed by atoms with E-state index in [0.717, 1.165) is 43.0 Å². The van der Waals surface area contributed by atoms with Gasteiger partial charge in [0.2, 0.25) is 0 Å². The first-order valence-electron chi connectivity index (χ1n) is 12.6. The molecule has 176 valence electrons. The number of aliphatic hydroxyl groups excluding tert-OH is 1. The van der Waals surface area contributed by atoms with E-state index in [-0.39, 0.29) is 0 Å². The van der Waals surface area contributed by atoms with Gasteiger partial charge in [0.15, 0.2) is 0 Å². The fraction of sp³-hybridized carbons (Fsp3) is 0.704. The molecule has 6 aliphatic rings. The van der Waals surface area contributed by atoms with Crippen LogP contribution in [0.1, 0.15) is 51.9 Å². The fourth-order valence-corrected chi connectivity index (χ4v) is 8.35. The van der Waals surface area contributed by atoms with Gasteiger partial charge >= 0.3 is 0 Å². The highest BCUT2D eigenvalue weighted by Gasteiger charge is 2.52. The van der Waals surface area contributed by atoms with Crippen molar-refractivity contribution in [3.05, 3.63) is 46.1 Å². The molecule has 0 aromatic heterocycles. The van der Waals surface area contributed by atoms with Gasteiger partial charge in [0.25, 0.3) is 0 Å². The van der Waals surface area contributed by atoms with Crippen LogP contribution in [0.3, 0.4) is 0 Å². The van der Waals surface area contributed by atoms with Crippen molar-refractivity contribution >= 4 is 23.2 Å². The van der Waals surface area contributed by atoms with Crippen LogP contribution in [0.5, 0.6) is 0 Å². The first-order valence-corrected chi connectivity index (χ1v) is 13.4. The summed E-state index contributed by atoms with van der Waals surface area (Å²) in [5.74, 6) is 3.63. The van der Waals surface area contributed by atoms with Crippen LogP contribution in [0.15, 0.2) is 46.1 Å². The standard InChI is InChI=1S/C27H38Cl2N2O/c1-17-4-21(15-30-2-3-31-16-22-10-24(28)11-25(29)26(22)32)9-23(5-17)27-12-18-6-19(13-27)8-20(7-18)14-27/h4-5,10-11,18-21,25-26,30-32H,2-3,6-9,12-16H2,1H3. The molecule has 3 unspecified atom stereocenters. The molecule has 0 saturated heterocycles. The molecule has 0 aromatic rings. The van der Waals surface area contributed by atoms with Crippen LogP contribution < -0.4 is 10.6 Å². The van der Waals surface area contributed by atoms with Crippen molar-refractivity contribution in [2.45, 2.75) is 63.4 Å². The number of halogens is 2. The zero-order chi connectivity index (χ0) is 22.3. The molecule has 0 radical (unpaired) electrons. The topological polar surface area (TPSA) is 44.3 Å². The van der Waals surface area contributed by atoms with Crippen molar-refractivity contribution in [2.75, 3.05) is 26.2 Å². The highest BCUT2D eigenvalue weighted by molar-refractivity contribution is 6.32. The maximum atomic E-state index is 10.2. The maximum Gasteiger partial charge on any atom is 0.0965 e. The third kappa shape index (κ3) is 4.93. The molecule has 6 rings (SSSR count). The van der Waals surface area contributed by atoms with Crippen LogP contribution in [0.2, 0.25) is 0 Å². The summed E-state index contributed by atoms with van der Waals surface area (Å²) in [4.78, 5) is 0. The van der Waals surface area contributed by atoms with Gasteiger partial charge in [-0.1, -0.05) is 34.9 Å². The number of hydrogen-bond donors (Lipinski definition) is 3. The maximum absolute atomic E-state index is 10.2. The average Bonchev–Trinajstić information content (AvgIpc) is 2.72. The first-order chi connectivity index (χ1) is 15.4. The van der Waals surface area contributed by atoms with Gasteiger partial charge in [-0.2, -0.15) is 0 Å². The van der Waals surface area contributed by atoms with Crippen molar-refractivity contribution < 1.29 is 5.11 Å². The first kappa shape index (κ1) is 23.2. The van der Waals surface area contributed by atoms with Gasteiger partial charge in [0, 0.05) is 31.2 Å². The van der Waals surface area contributed by atoms with E-state index in [1.807, 2.05) is 6.08 Å². The molecule has 0 spiro atoms. The second kappa shape index (κ2) is 9.58. The van der Waals surface area contributed by atoms with Gasteiger partial charge in [-0.3, -0.25) is 0 Å². The Labute approximate surface area is 203 Å². The molecule has 0 aliphatic heterocycles. The average molecular weight is 478 g/mol. The molecular weight excluding hydrogens is 439 g/mol. The normalized spacial score (nSPS) is 40.6. The minimum Gasteiger partial charge on any atom is -0.387 e. The lowest BCUT2D eigenvalue weighted by molar-refractivity contribution is -0.0329. The summed E-state index contributed by atoms with van der Waals surface area (Å²) in [5.41, 5.74) is 4.63. The lowest BCUT2D eigenvalue weighted by atomic mass is 9.47. The molecule has 0 amide bonds. The van der Waals surface area contributed by atoms with E-state index in [4.69, 9.17) is 23.2 Å². The van der Waals surface area contributed by atoms with Crippen LogP contribution in [0.4, 0.5) is 0 Å². The molecule has 0 aromatic carbocycles. The zero-order valence-electron chi connectivity index (χ0n) is 19.3. The second-order valence-corrected chi connectivity index (χ2v) is 12.2. The summed E-state index contributed by atoms with van der Waals surface area (Å²) in [5, 5.41) is 17.4.